The van der Waals surface area contributed by atoms with Gasteiger partial charge in [0.25, 0.3) is 5.91 Å². The highest BCUT2D eigenvalue weighted by Crippen LogP contribution is 2.29. The van der Waals surface area contributed by atoms with E-state index in [0.717, 1.165) is 62.5 Å². The van der Waals surface area contributed by atoms with Crippen LogP contribution in [-0.4, -0.2) is 66.5 Å². The molecule has 2 atom stereocenters. The molecule has 2 fully saturated rings. The predicted molar refractivity (Wildman–Crippen MR) is 158 cm³/mol. The van der Waals surface area contributed by atoms with Gasteiger partial charge in [-0.3, -0.25) is 9.69 Å². The normalized spacial score (nSPS) is 20.4. The highest BCUT2D eigenvalue weighted by atomic mass is 19.4. The minimum atomic E-state index is -4.74. The number of piperidine rings is 1. The number of ether oxygens (including phenoxy) is 1. The molecule has 0 aliphatic carbocycles. The van der Waals surface area contributed by atoms with Crippen LogP contribution < -0.4 is 20.3 Å². The van der Waals surface area contributed by atoms with E-state index in [0.29, 0.717) is 23.2 Å². The van der Waals surface area contributed by atoms with Crippen molar-refractivity contribution in [3.63, 3.8) is 0 Å². The van der Waals surface area contributed by atoms with Crippen molar-refractivity contribution in [2.75, 3.05) is 31.1 Å². The van der Waals surface area contributed by atoms with Crippen LogP contribution in [-0.2, 0) is 6.54 Å². The third-order valence-electron chi connectivity index (χ3n) is 7.92. The maximum Gasteiger partial charge on any atom is 0.573 e. The first-order valence-electron chi connectivity index (χ1n) is 14.5. The molecule has 42 heavy (non-hydrogen) atoms. The molecule has 5 rings (SSSR count). The van der Waals surface area contributed by atoms with E-state index >= 15 is 0 Å². The highest BCUT2D eigenvalue weighted by molar-refractivity contribution is 5.96. The van der Waals surface area contributed by atoms with Gasteiger partial charge >= 0.3 is 6.36 Å². The molecule has 2 N–H and O–H groups in total. The molecule has 0 spiro atoms. The number of piperazine rings is 1. The van der Waals surface area contributed by atoms with Gasteiger partial charge in [-0.05, 0) is 86.2 Å². The number of pyridine rings is 1. The zero-order chi connectivity index (χ0) is 29.9. The van der Waals surface area contributed by atoms with E-state index < -0.39 is 6.36 Å². The van der Waals surface area contributed by atoms with Crippen LogP contribution in [0, 0.1) is 6.92 Å². The van der Waals surface area contributed by atoms with E-state index in [1.165, 1.54) is 17.7 Å². The van der Waals surface area contributed by atoms with Crippen LogP contribution in [0.15, 0.2) is 60.8 Å². The molecule has 0 radical (unpaired) electrons. The van der Waals surface area contributed by atoms with Gasteiger partial charge in [0.05, 0.1) is 0 Å². The lowest BCUT2D eigenvalue weighted by molar-refractivity contribution is -0.274. The van der Waals surface area contributed by atoms with Crippen molar-refractivity contribution in [1.82, 2.24) is 20.5 Å². The number of aromatic nitrogens is 1. The number of anilines is 1. The van der Waals surface area contributed by atoms with Crippen LogP contribution >= 0.6 is 0 Å². The summed E-state index contributed by atoms with van der Waals surface area (Å²) in [5.74, 6) is 0.590. The van der Waals surface area contributed by atoms with Crippen molar-refractivity contribution in [3.8, 4) is 16.9 Å². The summed E-state index contributed by atoms with van der Waals surface area (Å²) in [7, 11) is 0. The number of hydrogen-bond acceptors (Lipinski definition) is 6. The smallest absolute Gasteiger partial charge is 0.406 e. The van der Waals surface area contributed by atoms with E-state index in [1.54, 1.807) is 24.3 Å². The number of benzene rings is 2. The Bertz CT molecular complexity index is 1350. The van der Waals surface area contributed by atoms with Crippen molar-refractivity contribution in [2.24, 2.45) is 0 Å². The van der Waals surface area contributed by atoms with Crippen LogP contribution in [0.3, 0.4) is 0 Å². The van der Waals surface area contributed by atoms with Crippen molar-refractivity contribution < 1.29 is 22.7 Å². The molecule has 3 aromatic rings. The largest absolute Gasteiger partial charge is 0.573 e. The Morgan fingerprint density at radius 1 is 1.02 bits per heavy atom. The number of nitrogens with zero attached hydrogens (tertiary/aromatic N) is 3. The van der Waals surface area contributed by atoms with Gasteiger partial charge < -0.3 is 20.3 Å². The third-order valence-corrected chi connectivity index (χ3v) is 7.92. The predicted octanol–water partition coefficient (Wildman–Crippen LogP) is 5.54. The summed E-state index contributed by atoms with van der Waals surface area (Å²) < 4.78 is 41.5. The fourth-order valence-electron chi connectivity index (χ4n) is 5.88. The second-order valence-corrected chi connectivity index (χ2v) is 11.5. The second-order valence-electron chi connectivity index (χ2n) is 11.5. The molecule has 1 aromatic heterocycles. The standard InChI is InChI=1S/C32H38F3N5O2/c1-21-4-6-26(16-29(21)25-7-9-28(10-8-25)42-32(33,34)35)31(41)38-27-12-14-39(15-13-27)20-24-5-11-30(36-17-24)40-18-22(2)37-23(3)19-40/h4-11,16-17,22-23,27,37H,12-15,18-20H2,1-3H3,(H,38,41). The maximum absolute atomic E-state index is 13.1. The molecule has 7 nitrogen and oxygen atoms in total. The topological polar surface area (TPSA) is 69.7 Å². The number of rotatable bonds is 7. The van der Waals surface area contributed by atoms with Gasteiger partial charge in [-0.2, -0.15) is 0 Å². The molecule has 1 amide bonds. The lowest BCUT2D eigenvalue weighted by Crippen LogP contribution is -2.54. The lowest BCUT2D eigenvalue weighted by atomic mass is 9.97. The van der Waals surface area contributed by atoms with Crippen LogP contribution in [0.5, 0.6) is 5.75 Å². The average molecular weight is 582 g/mol. The third kappa shape index (κ3) is 7.80. The number of carbonyl (C=O) groups is 1. The molecular weight excluding hydrogens is 543 g/mol. The highest BCUT2D eigenvalue weighted by Gasteiger charge is 2.31. The zero-order valence-electron chi connectivity index (χ0n) is 24.2. The van der Waals surface area contributed by atoms with Gasteiger partial charge in [-0.1, -0.05) is 24.3 Å². The van der Waals surface area contributed by atoms with E-state index in [-0.39, 0.29) is 17.7 Å². The molecule has 3 heterocycles. The molecule has 2 saturated heterocycles. The fraction of sp³-hybridized carbons (Fsp3) is 0.438. The van der Waals surface area contributed by atoms with Crippen LogP contribution in [0.4, 0.5) is 19.0 Å². The summed E-state index contributed by atoms with van der Waals surface area (Å²) in [6.45, 7) is 10.8. The SMILES string of the molecule is Cc1ccc(C(=O)NC2CCN(Cc3ccc(N4CC(C)NC(C)C4)nc3)CC2)cc1-c1ccc(OC(F)(F)F)cc1. The molecule has 0 saturated carbocycles. The summed E-state index contributed by atoms with van der Waals surface area (Å²) in [4.78, 5) is 22.6. The summed E-state index contributed by atoms with van der Waals surface area (Å²) in [5.41, 5.74) is 4.13. The van der Waals surface area contributed by atoms with Crippen molar-refractivity contribution in [2.45, 2.75) is 64.6 Å². The van der Waals surface area contributed by atoms with Crippen molar-refractivity contribution >= 4 is 11.7 Å². The van der Waals surface area contributed by atoms with Gasteiger partial charge in [0.15, 0.2) is 0 Å². The Labute approximate surface area is 245 Å². The molecular formula is C32H38F3N5O2. The van der Waals surface area contributed by atoms with Crippen molar-refractivity contribution in [3.05, 3.63) is 77.5 Å². The fourth-order valence-corrected chi connectivity index (χ4v) is 5.88. The number of carbonyl (C=O) groups excluding carboxylic acids is 1. The molecule has 0 bridgehead atoms. The van der Waals surface area contributed by atoms with Crippen LogP contribution in [0.1, 0.15) is 48.2 Å². The number of aryl methyl sites for hydroxylation is 1. The second kappa shape index (κ2) is 12.7. The van der Waals surface area contributed by atoms with E-state index in [2.05, 4.69) is 51.2 Å². The molecule has 2 unspecified atom stereocenters. The molecule has 2 aromatic carbocycles. The minimum absolute atomic E-state index is 0.0782. The van der Waals surface area contributed by atoms with E-state index in [9.17, 15) is 18.0 Å². The Morgan fingerprint density at radius 3 is 2.33 bits per heavy atom. The monoisotopic (exact) mass is 581 g/mol. The quantitative estimate of drug-likeness (QED) is 0.382. The van der Waals surface area contributed by atoms with E-state index in [4.69, 9.17) is 4.98 Å². The molecule has 10 heteroatoms. The maximum atomic E-state index is 13.1. The van der Waals surface area contributed by atoms with Gasteiger partial charge in [-0.15, -0.1) is 13.2 Å². The van der Waals surface area contributed by atoms with Gasteiger partial charge in [0.2, 0.25) is 0 Å². The molecule has 224 valence electrons. The van der Waals surface area contributed by atoms with Gasteiger partial charge in [0, 0.05) is 62.6 Å². The Morgan fingerprint density at radius 2 is 1.71 bits per heavy atom. The Hall–Kier alpha value is -3.63. The number of alkyl halides is 3. The number of halogens is 3. The van der Waals surface area contributed by atoms with Crippen LogP contribution in [0.2, 0.25) is 0 Å². The molecule has 2 aliphatic rings. The number of amides is 1. The van der Waals surface area contributed by atoms with Gasteiger partial charge in [0.1, 0.15) is 11.6 Å². The minimum Gasteiger partial charge on any atom is -0.406 e. The number of hydrogen-bond donors (Lipinski definition) is 2. The molecule has 2 aliphatic heterocycles. The zero-order valence-corrected chi connectivity index (χ0v) is 24.2. The van der Waals surface area contributed by atoms with E-state index in [1.807, 2.05) is 19.2 Å². The van der Waals surface area contributed by atoms with Crippen molar-refractivity contribution in [1.29, 1.82) is 0 Å². The van der Waals surface area contributed by atoms with Gasteiger partial charge in [-0.25, -0.2) is 4.98 Å². The Balaban J connectivity index is 1.12. The number of nitrogens with one attached hydrogen (secondary N) is 2. The summed E-state index contributed by atoms with van der Waals surface area (Å²) in [5, 5.41) is 6.72. The average Bonchev–Trinajstić information content (AvgIpc) is 2.94. The number of likely N-dealkylation sites (tertiary alicyclic amines) is 1. The lowest BCUT2D eigenvalue weighted by Gasteiger charge is -2.37. The summed E-state index contributed by atoms with van der Waals surface area (Å²) in [6.07, 6.45) is -1.05. The Kier molecular flexibility index (Phi) is 9.03. The van der Waals surface area contributed by atoms with Crippen LogP contribution in [0.25, 0.3) is 11.1 Å². The first-order chi connectivity index (χ1) is 20.0. The summed E-state index contributed by atoms with van der Waals surface area (Å²) in [6, 6.07) is 16.4. The summed E-state index contributed by atoms with van der Waals surface area (Å²) >= 11 is 0. The first kappa shape index (κ1) is 29.8. The first-order valence-corrected chi connectivity index (χ1v) is 14.5.